The molecule has 0 spiro atoms. The highest BCUT2D eigenvalue weighted by atomic mass is 35.5. The zero-order chi connectivity index (χ0) is 14.5. The Hall–Kier alpha value is -1.78. The van der Waals surface area contributed by atoms with Gasteiger partial charge in [-0.1, -0.05) is 29.8 Å². The molecule has 20 heavy (non-hydrogen) atoms. The monoisotopic (exact) mass is 294 g/mol. The fourth-order valence-corrected chi connectivity index (χ4v) is 2.13. The lowest BCUT2D eigenvalue weighted by molar-refractivity contribution is 0.386. The van der Waals surface area contributed by atoms with Gasteiger partial charge in [-0.05, 0) is 29.8 Å². The summed E-state index contributed by atoms with van der Waals surface area (Å²) in [6, 6.07) is 11.9. The van der Waals surface area contributed by atoms with Gasteiger partial charge in [0.15, 0.2) is 11.6 Å². The molecule has 0 radical (unpaired) electrons. The highest BCUT2D eigenvalue weighted by Crippen LogP contribution is 2.27. The number of anilines is 1. The Bertz CT molecular complexity index is 592. The van der Waals surface area contributed by atoms with Crippen LogP contribution in [0.1, 0.15) is 11.6 Å². The number of rotatable bonds is 5. The molecular formula is C15H16ClFN2O. The summed E-state index contributed by atoms with van der Waals surface area (Å²) < 4.78 is 18.6. The summed E-state index contributed by atoms with van der Waals surface area (Å²) in [7, 11) is 1.43. The molecule has 3 nitrogen and oxygen atoms in total. The summed E-state index contributed by atoms with van der Waals surface area (Å²) in [4.78, 5) is 0. The van der Waals surface area contributed by atoms with Gasteiger partial charge in [0.2, 0.25) is 0 Å². The number of nitrogens with two attached hydrogens (primary N) is 1. The first-order valence-electron chi connectivity index (χ1n) is 6.20. The Morgan fingerprint density at radius 3 is 2.65 bits per heavy atom. The quantitative estimate of drug-likeness (QED) is 0.886. The van der Waals surface area contributed by atoms with Crippen molar-refractivity contribution in [2.24, 2.45) is 5.73 Å². The highest BCUT2D eigenvalue weighted by molar-refractivity contribution is 6.33. The second-order valence-corrected chi connectivity index (χ2v) is 4.71. The van der Waals surface area contributed by atoms with Crippen LogP contribution in [0.2, 0.25) is 5.02 Å². The van der Waals surface area contributed by atoms with Crippen molar-refractivity contribution in [3.05, 3.63) is 58.9 Å². The maximum atomic E-state index is 13.7. The van der Waals surface area contributed by atoms with E-state index in [9.17, 15) is 4.39 Å². The summed E-state index contributed by atoms with van der Waals surface area (Å²) >= 11 is 6.09. The largest absolute Gasteiger partial charge is 0.494 e. The van der Waals surface area contributed by atoms with Crippen molar-refractivity contribution in [2.45, 2.75) is 6.04 Å². The molecule has 0 fully saturated rings. The fraction of sp³-hybridized carbons (Fsp3) is 0.200. The second-order valence-electron chi connectivity index (χ2n) is 4.31. The van der Waals surface area contributed by atoms with Crippen LogP contribution < -0.4 is 15.8 Å². The molecule has 0 aliphatic rings. The third kappa shape index (κ3) is 3.21. The number of para-hydroxylation sites is 1. The Balaban J connectivity index is 2.24. The van der Waals surface area contributed by atoms with Gasteiger partial charge in [0, 0.05) is 6.54 Å². The van der Waals surface area contributed by atoms with Crippen LogP contribution in [0.15, 0.2) is 42.5 Å². The molecule has 3 N–H and O–H groups in total. The summed E-state index contributed by atoms with van der Waals surface area (Å²) in [6.07, 6.45) is 0. The molecule has 2 rings (SSSR count). The minimum absolute atomic E-state index is 0.210. The molecular weight excluding hydrogens is 279 g/mol. The van der Waals surface area contributed by atoms with E-state index in [4.69, 9.17) is 22.1 Å². The molecule has 0 aromatic heterocycles. The minimum atomic E-state index is -0.413. The average molecular weight is 295 g/mol. The molecule has 0 aliphatic carbocycles. The Morgan fingerprint density at radius 2 is 2.05 bits per heavy atom. The van der Waals surface area contributed by atoms with Crippen LogP contribution >= 0.6 is 11.6 Å². The number of hydrogen-bond donors (Lipinski definition) is 2. The van der Waals surface area contributed by atoms with E-state index in [0.717, 1.165) is 11.3 Å². The number of halogens is 2. The number of nitrogens with one attached hydrogen (secondary N) is 1. The topological polar surface area (TPSA) is 47.3 Å². The molecule has 0 saturated carbocycles. The second kappa shape index (κ2) is 6.59. The van der Waals surface area contributed by atoms with Gasteiger partial charge in [0.05, 0.1) is 23.9 Å². The molecule has 0 amide bonds. The number of ether oxygens (including phenoxy) is 1. The summed E-state index contributed by atoms with van der Waals surface area (Å²) in [5.74, 6) is -0.202. The van der Waals surface area contributed by atoms with Gasteiger partial charge < -0.3 is 15.8 Å². The van der Waals surface area contributed by atoms with E-state index in [2.05, 4.69) is 5.32 Å². The van der Waals surface area contributed by atoms with E-state index in [1.165, 1.54) is 13.2 Å². The number of benzene rings is 2. The van der Waals surface area contributed by atoms with Crippen LogP contribution in [0.5, 0.6) is 5.75 Å². The molecule has 2 aromatic rings. The van der Waals surface area contributed by atoms with E-state index >= 15 is 0 Å². The first-order chi connectivity index (χ1) is 9.65. The van der Waals surface area contributed by atoms with E-state index < -0.39 is 5.82 Å². The molecule has 0 saturated heterocycles. The van der Waals surface area contributed by atoms with Crippen molar-refractivity contribution >= 4 is 17.3 Å². The van der Waals surface area contributed by atoms with Crippen LogP contribution in [-0.2, 0) is 0 Å². The van der Waals surface area contributed by atoms with E-state index in [0.29, 0.717) is 11.6 Å². The number of hydrogen-bond acceptors (Lipinski definition) is 3. The molecule has 2 aromatic carbocycles. The van der Waals surface area contributed by atoms with Crippen molar-refractivity contribution in [1.82, 2.24) is 0 Å². The lowest BCUT2D eigenvalue weighted by Gasteiger charge is -2.20. The third-order valence-electron chi connectivity index (χ3n) is 3.02. The van der Waals surface area contributed by atoms with Gasteiger partial charge >= 0.3 is 0 Å². The predicted octanol–water partition coefficient (Wildman–Crippen LogP) is 3.60. The van der Waals surface area contributed by atoms with Crippen molar-refractivity contribution in [1.29, 1.82) is 0 Å². The Labute approximate surface area is 122 Å². The summed E-state index contributed by atoms with van der Waals surface area (Å²) in [5, 5.41) is 3.81. The van der Waals surface area contributed by atoms with Gasteiger partial charge in [-0.25, -0.2) is 4.39 Å². The first kappa shape index (κ1) is 14.6. The van der Waals surface area contributed by atoms with Gasteiger partial charge in [0.1, 0.15) is 0 Å². The minimum Gasteiger partial charge on any atom is -0.494 e. The van der Waals surface area contributed by atoms with Crippen LogP contribution in [0.25, 0.3) is 0 Å². The summed E-state index contributed by atoms with van der Waals surface area (Å²) in [5.41, 5.74) is 7.27. The van der Waals surface area contributed by atoms with Crippen molar-refractivity contribution < 1.29 is 9.13 Å². The molecule has 5 heteroatoms. The van der Waals surface area contributed by atoms with Crippen LogP contribution in [0.4, 0.5) is 10.1 Å². The smallest absolute Gasteiger partial charge is 0.165 e. The Kier molecular flexibility index (Phi) is 4.82. The normalized spacial score (nSPS) is 12.0. The summed E-state index contributed by atoms with van der Waals surface area (Å²) in [6.45, 7) is 0.316. The lowest BCUT2D eigenvalue weighted by atomic mass is 10.1. The average Bonchev–Trinajstić information content (AvgIpc) is 2.46. The standard InChI is InChI=1S/C15H16ClFN2O/c1-20-15-7-6-10(8-12(15)17)14(9-18)19-13-5-3-2-4-11(13)16/h2-8,14,19H,9,18H2,1H3. The first-order valence-corrected chi connectivity index (χ1v) is 6.58. The number of methoxy groups -OCH3 is 1. The third-order valence-corrected chi connectivity index (χ3v) is 3.35. The van der Waals surface area contributed by atoms with Gasteiger partial charge in [-0.2, -0.15) is 0 Å². The van der Waals surface area contributed by atoms with Crippen LogP contribution in [0.3, 0.4) is 0 Å². The van der Waals surface area contributed by atoms with Crippen molar-refractivity contribution in [3.63, 3.8) is 0 Å². The van der Waals surface area contributed by atoms with Crippen LogP contribution in [-0.4, -0.2) is 13.7 Å². The zero-order valence-electron chi connectivity index (χ0n) is 11.1. The van der Waals surface area contributed by atoms with Gasteiger partial charge in [-0.3, -0.25) is 0 Å². The zero-order valence-corrected chi connectivity index (χ0v) is 11.8. The Morgan fingerprint density at radius 1 is 1.30 bits per heavy atom. The van der Waals surface area contributed by atoms with E-state index in [-0.39, 0.29) is 11.8 Å². The van der Waals surface area contributed by atoms with E-state index in [1.807, 2.05) is 18.2 Å². The molecule has 0 heterocycles. The van der Waals surface area contributed by atoms with Crippen molar-refractivity contribution in [2.75, 3.05) is 19.0 Å². The van der Waals surface area contributed by atoms with Gasteiger partial charge in [0.25, 0.3) is 0 Å². The molecule has 0 bridgehead atoms. The SMILES string of the molecule is COc1ccc(C(CN)Nc2ccccc2Cl)cc1F. The maximum Gasteiger partial charge on any atom is 0.165 e. The van der Waals surface area contributed by atoms with Crippen LogP contribution in [0, 0.1) is 5.82 Å². The maximum absolute atomic E-state index is 13.7. The predicted molar refractivity (Wildman–Crippen MR) is 79.8 cm³/mol. The lowest BCUT2D eigenvalue weighted by Crippen LogP contribution is -2.21. The highest BCUT2D eigenvalue weighted by Gasteiger charge is 2.13. The fourth-order valence-electron chi connectivity index (χ4n) is 1.94. The molecule has 0 aliphatic heterocycles. The van der Waals surface area contributed by atoms with Crippen molar-refractivity contribution in [3.8, 4) is 5.75 Å². The van der Waals surface area contributed by atoms with Gasteiger partial charge in [-0.15, -0.1) is 0 Å². The molecule has 106 valence electrons. The molecule has 1 unspecified atom stereocenters. The van der Waals surface area contributed by atoms with E-state index in [1.54, 1.807) is 18.2 Å². The molecule has 1 atom stereocenters.